The molecule has 76 valence electrons. The molecule has 4 nitrogen and oxygen atoms in total. The lowest BCUT2D eigenvalue weighted by molar-refractivity contribution is -0.121. The standard InChI is InChI=1S/C10H14N2O2/c1-3-11-10(14)7-12-5-4-9(6-12)8(2)13/h4-6H,3,7H2,1-2H3,(H,11,14). The number of rotatable bonds is 4. The van der Waals surface area contributed by atoms with Crippen LogP contribution in [0.1, 0.15) is 24.2 Å². The summed E-state index contributed by atoms with van der Waals surface area (Å²) in [6.07, 6.45) is 3.41. The zero-order valence-corrected chi connectivity index (χ0v) is 8.41. The Bertz CT molecular complexity index is 342. The number of carbonyl (C=O) groups excluding carboxylic acids is 2. The van der Waals surface area contributed by atoms with Gasteiger partial charge in [0.25, 0.3) is 0 Å². The van der Waals surface area contributed by atoms with Gasteiger partial charge in [-0.1, -0.05) is 0 Å². The van der Waals surface area contributed by atoms with Crippen LogP contribution in [0, 0.1) is 0 Å². The van der Waals surface area contributed by atoms with Crippen molar-refractivity contribution in [2.24, 2.45) is 0 Å². The summed E-state index contributed by atoms with van der Waals surface area (Å²) < 4.78 is 1.70. The second-order valence-corrected chi connectivity index (χ2v) is 3.08. The fourth-order valence-electron chi connectivity index (χ4n) is 1.17. The SMILES string of the molecule is CCNC(=O)Cn1ccc(C(C)=O)c1. The van der Waals surface area contributed by atoms with Gasteiger partial charge in [-0.25, -0.2) is 0 Å². The smallest absolute Gasteiger partial charge is 0.239 e. The van der Waals surface area contributed by atoms with Gasteiger partial charge in [0.05, 0.1) is 0 Å². The molecule has 0 unspecified atom stereocenters. The van der Waals surface area contributed by atoms with E-state index in [1.54, 1.807) is 23.0 Å². The zero-order valence-electron chi connectivity index (χ0n) is 8.41. The third-order valence-corrected chi connectivity index (χ3v) is 1.86. The second kappa shape index (κ2) is 4.60. The zero-order chi connectivity index (χ0) is 10.6. The molecule has 1 heterocycles. The van der Waals surface area contributed by atoms with Crippen LogP contribution in [0.3, 0.4) is 0 Å². The largest absolute Gasteiger partial charge is 0.355 e. The number of aromatic nitrogens is 1. The molecule has 0 saturated heterocycles. The van der Waals surface area contributed by atoms with Crippen molar-refractivity contribution >= 4 is 11.7 Å². The minimum absolute atomic E-state index is 0.0136. The summed E-state index contributed by atoms with van der Waals surface area (Å²) in [6, 6.07) is 1.71. The Hall–Kier alpha value is -1.58. The van der Waals surface area contributed by atoms with Crippen LogP contribution in [-0.2, 0) is 11.3 Å². The molecule has 1 aromatic rings. The lowest BCUT2D eigenvalue weighted by Crippen LogP contribution is -2.26. The maximum absolute atomic E-state index is 11.2. The summed E-state index contributed by atoms with van der Waals surface area (Å²) in [6.45, 7) is 4.27. The quantitative estimate of drug-likeness (QED) is 0.722. The summed E-state index contributed by atoms with van der Waals surface area (Å²) in [5.41, 5.74) is 0.634. The van der Waals surface area contributed by atoms with E-state index in [4.69, 9.17) is 0 Å². The Morgan fingerprint density at radius 1 is 1.50 bits per heavy atom. The first-order chi connectivity index (χ1) is 6.63. The van der Waals surface area contributed by atoms with Crippen LogP contribution in [0.4, 0.5) is 0 Å². The molecule has 4 heteroatoms. The number of nitrogens with zero attached hydrogens (tertiary/aromatic N) is 1. The average molecular weight is 194 g/mol. The topological polar surface area (TPSA) is 51.1 Å². The minimum atomic E-state index is -0.0433. The van der Waals surface area contributed by atoms with Gasteiger partial charge in [-0.15, -0.1) is 0 Å². The van der Waals surface area contributed by atoms with Gasteiger partial charge in [0.15, 0.2) is 5.78 Å². The highest BCUT2D eigenvalue weighted by molar-refractivity contribution is 5.93. The molecule has 0 saturated carbocycles. The van der Waals surface area contributed by atoms with E-state index in [2.05, 4.69) is 5.32 Å². The molecule has 1 aromatic heterocycles. The van der Waals surface area contributed by atoms with E-state index in [-0.39, 0.29) is 18.2 Å². The van der Waals surface area contributed by atoms with Gasteiger partial charge in [-0.3, -0.25) is 9.59 Å². The van der Waals surface area contributed by atoms with Crippen molar-refractivity contribution in [2.45, 2.75) is 20.4 Å². The van der Waals surface area contributed by atoms with E-state index >= 15 is 0 Å². The summed E-state index contributed by atoms with van der Waals surface area (Å²) in [5.74, 6) is -0.0298. The van der Waals surface area contributed by atoms with Gasteiger partial charge in [-0.2, -0.15) is 0 Å². The van der Waals surface area contributed by atoms with Gasteiger partial charge in [0.2, 0.25) is 5.91 Å². The van der Waals surface area contributed by atoms with Crippen molar-refractivity contribution < 1.29 is 9.59 Å². The van der Waals surface area contributed by atoms with E-state index in [0.717, 1.165) is 0 Å². The highest BCUT2D eigenvalue weighted by atomic mass is 16.2. The van der Waals surface area contributed by atoms with E-state index in [9.17, 15) is 9.59 Å². The third-order valence-electron chi connectivity index (χ3n) is 1.86. The fourth-order valence-corrected chi connectivity index (χ4v) is 1.17. The molecule has 0 aliphatic carbocycles. The highest BCUT2D eigenvalue weighted by Crippen LogP contribution is 2.01. The fraction of sp³-hybridized carbons (Fsp3) is 0.400. The molecule has 0 radical (unpaired) electrons. The Morgan fingerprint density at radius 3 is 2.71 bits per heavy atom. The van der Waals surface area contributed by atoms with Crippen LogP contribution in [0.25, 0.3) is 0 Å². The third kappa shape index (κ3) is 2.73. The molecule has 0 fully saturated rings. The van der Waals surface area contributed by atoms with Crippen molar-refractivity contribution in [2.75, 3.05) is 6.54 Å². The van der Waals surface area contributed by atoms with Gasteiger partial charge >= 0.3 is 0 Å². The Balaban J connectivity index is 2.59. The van der Waals surface area contributed by atoms with Crippen LogP contribution in [0.5, 0.6) is 0 Å². The molecule has 0 aliphatic heterocycles. The number of Topliss-reactive ketones (excluding diaryl/α,β-unsaturated/α-hetero) is 1. The molecule has 0 aromatic carbocycles. The van der Waals surface area contributed by atoms with Gasteiger partial charge in [-0.05, 0) is 19.9 Å². The Labute approximate surface area is 82.9 Å². The summed E-state index contributed by atoms with van der Waals surface area (Å²) in [4.78, 5) is 22.1. The molecule has 14 heavy (non-hydrogen) atoms. The van der Waals surface area contributed by atoms with Gasteiger partial charge in [0.1, 0.15) is 6.54 Å². The number of nitrogens with one attached hydrogen (secondary N) is 1. The first kappa shape index (κ1) is 10.5. The monoisotopic (exact) mass is 194 g/mol. The average Bonchev–Trinajstić information content (AvgIpc) is 2.53. The van der Waals surface area contributed by atoms with Crippen molar-refractivity contribution in [3.05, 3.63) is 24.0 Å². The lowest BCUT2D eigenvalue weighted by Gasteiger charge is -2.02. The van der Waals surface area contributed by atoms with Crippen LogP contribution in [0.2, 0.25) is 0 Å². The minimum Gasteiger partial charge on any atom is -0.355 e. The molecule has 1 N–H and O–H groups in total. The number of hydrogen-bond acceptors (Lipinski definition) is 2. The summed E-state index contributed by atoms with van der Waals surface area (Å²) in [7, 11) is 0. The van der Waals surface area contributed by atoms with Crippen molar-refractivity contribution in [3.8, 4) is 0 Å². The maximum Gasteiger partial charge on any atom is 0.239 e. The Morgan fingerprint density at radius 2 is 2.21 bits per heavy atom. The van der Waals surface area contributed by atoms with Gasteiger partial charge in [0, 0.05) is 24.5 Å². The predicted octanol–water partition coefficient (Wildman–Crippen LogP) is 0.827. The predicted molar refractivity (Wildman–Crippen MR) is 53.1 cm³/mol. The molecule has 1 amide bonds. The van der Waals surface area contributed by atoms with Gasteiger partial charge < -0.3 is 9.88 Å². The van der Waals surface area contributed by atoms with E-state index in [0.29, 0.717) is 12.1 Å². The molecule has 0 atom stereocenters. The van der Waals surface area contributed by atoms with Crippen molar-refractivity contribution in [1.82, 2.24) is 9.88 Å². The van der Waals surface area contributed by atoms with Crippen LogP contribution in [-0.4, -0.2) is 22.8 Å². The first-order valence-corrected chi connectivity index (χ1v) is 4.57. The number of ketones is 1. The number of amides is 1. The van der Waals surface area contributed by atoms with Crippen molar-refractivity contribution in [3.63, 3.8) is 0 Å². The lowest BCUT2D eigenvalue weighted by atomic mass is 10.2. The Kier molecular flexibility index (Phi) is 3.45. The number of likely N-dealkylation sites (N-methyl/N-ethyl adjacent to an activating group) is 1. The highest BCUT2D eigenvalue weighted by Gasteiger charge is 2.04. The molecule has 0 spiro atoms. The molecular formula is C10H14N2O2. The summed E-state index contributed by atoms with van der Waals surface area (Å²) >= 11 is 0. The van der Waals surface area contributed by atoms with E-state index < -0.39 is 0 Å². The molecule has 0 aliphatic rings. The van der Waals surface area contributed by atoms with Crippen molar-refractivity contribution in [1.29, 1.82) is 0 Å². The molecule has 1 rings (SSSR count). The van der Waals surface area contributed by atoms with Crippen LogP contribution in [0.15, 0.2) is 18.5 Å². The van der Waals surface area contributed by atoms with E-state index in [1.807, 2.05) is 6.92 Å². The van der Waals surface area contributed by atoms with E-state index in [1.165, 1.54) is 6.92 Å². The van der Waals surface area contributed by atoms with Crippen LogP contribution >= 0.6 is 0 Å². The maximum atomic E-state index is 11.2. The molecule has 0 bridgehead atoms. The summed E-state index contributed by atoms with van der Waals surface area (Å²) in [5, 5.41) is 2.69. The van der Waals surface area contributed by atoms with Crippen LogP contribution < -0.4 is 5.32 Å². The normalized spacial score (nSPS) is 9.86. The number of hydrogen-bond donors (Lipinski definition) is 1. The second-order valence-electron chi connectivity index (χ2n) is 3.08. The molecular weight excluding hydrogens is 180 g/mol. The first-order valence-electron chi connectivity index (χ1n) is 4.57. The number of carbonyl (C=O) groups is 2.